The van der Waals surface area contributed by atoms with Gasteiger partial charge in [0.1, 0.15) is 11.6 Å². The normalized spacial score (nSPS) is 17.9. The molecule has 1 atom stereocenters. The van der Waals surface area contributed by atoms with Crippen LogP contribution >= 0.6 is 0 Å². The fraction of sp³-hybridized carbons (Fsp3) is 0.381. The lowest BCUT2D eigenvalue weighted by atomic mass is 9.96. The van der Waals surface area contributed by atoms with Crippen molar-refractivity contribution in [1.82, 2.24) is 10.2 Å². The molecule has 8 heteroatoms. The summed E-state index contributed by atoms with van der Waals surface area (Å²) in [5.41, 5.74) is -0.471. The molecule has 0 radical (unpaired) electrons. The number of hydrogen-bond donors (Lipinski definition) is 1. The highest BCUT2D eigenvalue weighted by molar-refractivity contribution is 5.79. The highest BCUT2D eigenvalue weighted by atomic mass is 19.4. The molecule has 0 aromatic heterocycles. The minimum Gasteiger partial charge on any atom is -0.352 e. The minimum atomic E-state index is -4.70. The Bertz CT molecular complexity index is 868. The summed E-state index contributed by atoms with van der Waals surface area (Å²) >= 11 is 0. The largest absolute Gasteiger partial charge is 0.416 e. The number of halogens is 5. The van der Waals surface area contributed by atoms with Crippen molar-refractivity contribution in [2.45, 2.75) is 32.1 Å². The summed E-state index contributed by atoms with van der Waals surface area (Å²) in [4.78, 5) is 14.5. The van der Waals surface area contributed by atoms with Crippen molar-refractivity contribution in [3.63, 3.8) is 0 Å². The maximum absolute atomic E-state index is 13.3. The average Bonchev–Trinajstić information content (AvgIpc) is 2.66. The van der Waals surface area contributed by atoms with Crippen LogP contribution in [0.5, 0.6) is 0 Å². The molecule has 156 valence electrons. The van der Waals surface area contributed by atoms with Gasteiger partial charge < -0.3 is 5.32 Å². The molecule has 1 heterocycles. The van der Waals surface area contributed by atoms with E-state index in [0.29, 0.717) is 25.6 Å². The molecule has 1 N–H and O–H groups in total. The number of hydrogen-bond acceptors (Lipinski definition) is 2. The van der Waals surface area contributed by atoms with Crippen molar-refractivity contribution < 1.29 is 26.7 Å². The number of benzene rings is 2. The van der Waals surface area contributed by atoms with Crippen LogP contribution in [0, 0.1) is 17.6 Å². The standard InChI is InChI=1S/C21H21F5N2O/c22-17-5-1-3-14(9-17)12-28-8-2-4-16(13-28)20(29)27-11-15-6-7-18(23)10-19(15)21(24,25)26/h1,3,5-7,9-10,16H,2,4,8,11-13H2,(H,27,29). The summed E-state index contributed by atoms with van der Waals surface area (Å²) in [6.45, 7) is 1.38. The molecule has 0 spiro atoms. The van der Waals surface area contributed by atoms with Crippen LogP contribution in [-0.4, -0.2) is 23.9 Å². The van der Waals surface area contributed by atoms with E-state index in [1.807, 2.05) is 4.90 Å². The molecule has 0 bridgehead atoms. The molecule has 0 aliphatic carbocycles. The highest BCUT2D eigenvalue weighted by Gasteiger charge is 2.34. The van der Waals surface area contributed by atoms with Crippen LogP contribution in [-0.2, 0) is 24.1 Å². The van der Waals surface area contributed by atoms with Gasteiger partial charge in [0.15, 0.2) is 0 Å². The summed E-state index contributed by atoms with van der Waals surface area (Å²) in [7, 11) is 0. The molecule has 1 saturated heterocycles. The average molecular weight is 412 g/mol. The third kappa shape index (κ3) is 5.76. The number of rotatable bonds is 5. The molecule has 1 aliphatic heterocycles. The maximum Gasteiger partial charge on any atom is 0.416 e. The van der Waals surface area contributed by atoms with Gasteiger partial charge in [-0.25, -0.2) is 8.78 Å². The zero-order valence-corrected chi connectivity index (χ0v) is 15.6. The lowest BCUT2D eigenvalue weighted by molar-refractivity contribution is -0.138. The first kappa shape index (κ1) is 21.2. The molecule has 3 rings (SSSR count). The monoisotopic (exact) mass is 412 g/mol. The number of amides is 1. The number of alkyl halides is 3. The Morgan fingerprint density at radius 2 is 1.86 bits per heavy atom. The highest BCUT2D eigenvalue weighted by Crippen LogP contribution is 2.32. The van der Waals surface area contributed by atoms with Crippen LogP contribution in [0.25, 0.3) is 0 Å². The molecule has 1 aliphatic rings. The van der Waals surface area contributed by atoms with Crippen LogP contribution in [0.2, 0.25) is 0 Å². The van der Waals surface area contributed by atoms with Gasteiger partial charge in [-0.05, 0) is 54.8 Å². The van der Waals surface area contributed by atoms with Gasteiger partial charge >= 0.3 is 6.18 Å². The Morgan fingerprint density at radius 3 is 2.59 bits per heavy atom. The summed E-state index contributed by atoms with van der Waals surface area (Å²) in [6.07, 6.45) is -3.31. The molecule has 1 fully saturated rings. The molecule has 1 amide bonds. The van der Waals surface area contributed by atoms with Gasteiger partial charge in [-0.2, -0.15) is 13.2 Å². The molecule has 2 aromatic rings. The molecular weight excluding hydrogens is 391 g/mol. The Hall–Kier alpha value is -2.48. The fourth-order valence-electron chi connectivity index (χ4n) is 3.60. The van der Waals surface area contributed by atoms with E-state index in [-0.39, 0.29) is 29.8 Å². The smallest absolute Gasteiger partial charge is 0.352 e. The first-order chi connectivity index (χ1) is 13.7. The summed E-state index contributed by atoms with van der Waals surface area (Å²) in [5.74, 6) is -2.01. The molecule has 2 aromatic carbocycles. The first-order valence-electron chi connectivity index (χ1n) is 9.32. The second-order valence-electron chi connectivity index (χ2n) is 7.22. The van der Waals surface area contributed by atoms with Crippen LogP contribution < -0.4 is 5.32 Å². The van der Waals surface area contributed by atoms with Gasteiger partial charge in [-0.15, -0.1) is 0 Å². The van der Waals surface area contributed by atoms with Crippen LogP contribution in [0.1, 0.15) is 29.5 Å². The Labute approximate surface area is 165 Å². The van der Waals surface area contributed by atoms with Crippen LogP contribution in [0.3, 0.4) is 0 Å². The number of carbonyl (C=O) groups excluding carboxylic acids is 1. The third-order valence-electron chi connectivity index (χ3n) is 5.00. The van der Waals surface area contributed by atoms with Crippen LogP contribution in [0.15, 0.2) is 42.5 Å². The summed E-state index contributed by atoms with van der Waals surface area (Å²) in [6, 6.07) is 8.65. The molecule has 3 nitrogen and oxygen atoms in total. The summed E-state index contributed by atoms with van der Waals surface area (Å²) in [5, 5.41) is 2.55. The molecule has 0 saturated carbocycles. The second kappa shape index (κ2) is 8.90. The van der Waals surface area contributed by atoms with E-state index in [1.165, 1.54) is 12.1 Å². The topological polar surface area (TPSA) is 32.3 Å². The fourth-order valence-corrected chi connectivity index (χ4v) is 3.60. The van der Waals surface area contributed by atoms with E-state index >= 15 is 0 Å². The van der Waals surface area contributed by atoms with Gasteiger partial charge in [-0.3, -0.25) is 9.69 Å². The number of nitrogens with one attached hydrogen (secondary N) is 1. The zero-order valence-electron chi connectivity index (χ0n) is 15.6. The predicted octanol–water partition coefficient (Wildman–Crippen LogP) is 4.51. The van der Waals surface area contributed by atoms with E-state index in [4.69, 9.17) is 0 Å². The van der Waals surface area contributed by atoms with Crippen molar-refractivity contribution in [2.75, 3.05) is 13.1 Å². The van der Waals surface area contributed by atoms with E-state index in [9.17, 15) is 26.7 Å². The quantitative estimate of drug-likeness (QED) is 0.733. The van der Waals surface area contributed by atoms with Gasteiger partial charge in [0.2, 0.25) is 5.91 Å². The zero-order chi connectivity index (χ0) is 21.0. The van der Waals surface area contributed by atoms with Gasteiger partial charge in [0, 0.05) is 19.6 Å². The van der Waals surface area contributed by atoms with E-state index in [2.05, 4.69) is 5.32 Å². The Balaban J connectivity index is 1.60. The number of carbonyl (C=O) groups is 1. The molecular formula is C21H21F5N2O. The SMILES string of the molecule is O=C(NCc1ccc(F)cc1C(F)(F)F)C1CCCN(Cc2cccc(F)c2)C1. The maximum atomic E-state index is 13.3. The molecule has 29 heavy (non-hydrogen) atoms. The predicted molar refractivity (Wildman–Crippen MR) is 97.6 cm³/mol. The van der Waals surface area contributed by atoms with E-state index in [0.717, 1.165) is 30.7 Å². The van der Waals surface area contributed by atoms with E-state index < -0.39 is 17.6 Å². The Kier molecular flexibility index (Phi) is 6.52. The van der Waals surface area contributed by atoms with E-state index in [1.54, 1.807) is 12.1 Å². The Morgan fingerprint density at radius 1 is 1.10 bits per heavy atom. The molecule has 1 unspecified atom stereocenters. The van der Waals surface area contributed by atoms with Crippen molar-refractivity contribution in [3.8, 4) is 0 Å². The third-order valence-corrected chi connectivity index (χ3v) is 5.00. The number of piperidine rings is 1. The van der Waals surface area contributed by atoms with Crippen molar-refractivity contribution in [1.29, 1.82) is 0 Å². The van der Waals surface area contributed by atoms with Crippen LogP contribution in [0.4, 0.5) is 22.0 Å². The van der Waals surface area contributed by atoms with Crippen molar-refractivity contribution in [3.05, 3.63) is 70.8 Å². The summed E-state index contributed by atoms with van der Waals surface area (Å²) < 4.78 is 65.8. The number of nitrogens with zero attached hydrogens (tertiary/aromatic N) is 1. The van der Waals surface area contributed by atoms with Crippen molar-refractivity contribution >= 4 is 5.91 Å². The number of likely N-dealkylation sites (tertiary alicyclic amines) is 1. The minimum absolute atomic E-state index is 0.181. The van der Waals surface area contributed by atoms with Crippen molar-refractivity contribution in [2.24, 2.45) is 5.92 Å². The van der Waals surface area contributed by atoms with Gasteiger partial charge in [0.25, 0.3) is 0 Å². The lowest BCUT2D eigenvalue weighted by Crippen LogP contribution is -2.42. The first-order valence-corrected chi connectivity index (χ1v) is 9.32. The lowest BCUT2D eigenvalue weighted by Gasteiger charge is -2.32. The van der Waals surface area contributed by atoms with Gasteiger partial charge in [0.05, 0.1) is 11.5 Å². The van der Waals surface area contributed by atoms with Gasteiger partial charge in [-0.1, -0.05) is 18.2 Å². The second-order valence-corrected chi connectivity index (χ2v) is 7.22.